The minimum absolute atomic E-state index is 0.210. The van der Waals surface area contributed by atoms with E-state index in [0.29, 0.717) is 18.1 Å². The summed E-state index contributed by atoms with van der Waals surface area (Å²) in [5.41, 5.74) is 1.48. The largest absolute Gasteiger partial charge is 0.342 e. The van der Waals surface area contributed by atoms with E-state index in [1.54, 1.807) is 6.07 Å². The van der Waals surface area contributed by atoms with Crippen molar-refractivity contribution in [2.24, 2.45) is 0 Å². The quantitative estimate of drug-likeness (QED) is 0.810. The molecule has 0 aliphatic carbocycles. The molecular weight excluding hydrogens is 244 g/mol. The van der Waals surface area contributed by atoms with Crippen LogP contribution in [-0.4, -0.2) is 22.7 Å². The molecule has 0 fully saturated rings. The van der Waals surface area contributed by atoms with Crippen LogP contribution in [0.15, 0.2) is 35.2 Å². The Morgan fingerprint density at radius 3 is 3.05 bits per heavy atom. The first-order valence-electron chi connectivity index (χ1n) is 6.21. The summed E-state index contributed by atoms with van der Waals surface area (Å²) in [7, 11) is 0. The van der Waals surface area contributed by atoms with Gasteiger partial charge < -0.3 is 15.2 Å². The summed E-state index contributed by atoms with van der Waals surface area (Å²) in [5.74, 6) is 0.495. The van der Waals surface area contributed by atoms with Gasteiger partial charge in [-0.15, -0.1) is 0 Å². The molecule has 6 heteroatoms. The van der Waals surface area contributed by atoms with E-state index in [4.69, 9.17) is 4.52 Å². The molecule has 0 saturated heterocycles. The van der Waals surface area contributed by atoms with Crippen molar-refractivity contribution in [3.8, 4) is 11.4 Å². The summed E-state index contributed by atoms with van der Waals surface area (Å²) in [6.07, 6.45) is 3.29. The zero-order chi connectivity index (χ0) is 13.5. The maximum Gasteiger partial charge on any atom is 0.319 e. The fourth-order valence-corrected chi connectivity index (χ4v) is 1.59. The van der Waals surface area contributed by atoms with E-state index >= 15 is 0 Å². The van der Waals surface area contributed by atoms with Gasteiger partial charge in [-0.05, 0) is 18.6 Å². The van der Waals surface area contributed by atoms with Crippen LogP contribution in [0.2, 0.25) is 0 Å². The average molecular weight is 260 g/mol. The van der Waals surface area contributed by atoms with Crippen molar-refractivity contribution in [3.05, 3.63) is 30.7 Å². The second-order valence-corrected chi connectivity index (χ2v) is 4.07. The number of urea groups is 1. The van der Waals surface area contributed by atoms with Crippen molar-refractivity contribution in [1.29, 1.82) is 0 Å². The first kappa shape index (κ1) is 13.1. The molecule has 0 bridgehead atoms. The summed E-state index contributed by atoms with van der Waals surface area (Å²) in [6, 6.07) is 7.07. The lowest BCUT2D eigenvalue weighted by Crippen LogP contribution is -2.29. The number of rotatable bonds is 5. The van der Waals surface area contributed by atoms with Crippen LogP contribution in [0, 0.1) is 0 Å². The van der Waals surface area contributed by atoms with Crippen molar-refractivity contribution in [1.82, 2.24) is 15.5 Å². The van der Waals surface area contributed by atoms with Crippen LogP contribution in [0.25, 0.3) is 11.4 Å². The van der Waals surface area contributed by atoms with E-state index in [2.05, 4.69) is 27.7 Å². The Kier molecular flexibility index (Phi) is 4.49. The highest BCUT2D eigenvalue weighted by molar-refractivity contribution is 5.89. The van der Waals surface area contributed by atoms with E-state index in [0.717, 1.165) is 18.4 Å². The molecule has 6 nitrogen and oxygen atoms in total. The summed E-state index contributed by atoms with van der Waals surface area (Å²) in [4.78, 5) is 15.6. The van der Waals surface area contributed by atoms with E-state index < -0.39 is 0 Å². The van der Waals surface area contributed by atoms with E-state index in [1.165, 1.54) is 6.39 Å². The van der Waals surface area contributed by atoms with E-state index in [-0.39, 0.29) is 6.03 Å². The highest BCUT2D eigenvalue weighted by Crippen LogP contribution is 2.18. The molecule has 2 rings (SSSR count). The second-order valence-electron chi connectivity index (χ2n) is 4.07. The Bertz CT molecular complexity index is 525. The van der Waals surface area contributed by atoms with Crippen molar-refractivity contribution in [3.63, 3.8) is 0 Å². The number of amides is 2. The van der Waals surface area contributed by atoms with Gasteiger partial charge in [0, 0.05) is 17.8 Å². The van der Waals surface area contributed by atoms with E-state index in [9.17, 15) is 4.79 Å². The lowest BCUT2D eigenvalue weighted by molar-refractivity contribution is 0.252. The van der Waals surface area contributed by atoms with Gasteiger partial charge in [-0.3, -0.25) is 0 Å². The van der Waals surface area contributed by atoms with Gasteiger partial charge in [0.1, 0.15) is 0 Å². The van der Waals surface area contributed by atoms with Gasteiger partial charge in [0.05, 0.1) is 0 Å². The fraction of sp³-hybridized carbons (Fsp3) is 0.308. The molecule has 0 aliphatic rings. The zero-order valence-corrected chi connectivity index (χ0v) is 10.7. The molecule has 1 heterocycles. The molecule has 1 aromatic carbocycles. The summed E-state index contributed by atoms with van der Waals surface area (Å²) >= 11 is 0. The number of hydrogen-bond donors (Lipinski definition) is 2. The molecule has 0 atom stereocenters. The van der Waals surface area contributed by atoms with Crippen LogP contribution in [0.4, 0.5) is 10.5 Å². The van der Waals surface area contributed by atoms with Gasteiger partial charge in [-0.25, -0.2) is 4.79 Å². The smallest absolute Gasteiger partial charge is 0.319 e. The van der Waals surface area contributed by atoms with Gasteiger partial charge in [-0.1, -0.05) is 30.6 Å². The predicted octanol–water partition coefficient (Wildman–Crippen LogP) is 2.66. The third-order valence-corrected chi connectivity index (χ3v) is 2.56. The fourth-order valence-electron chi connectivity index (χ4n) is 1.59. The number of nitrogens with one attached hydrogen (secondary N) is 2. The minimum Gasteiger partial charge on any atom is -0.342 e. The standard InChI is InChI=1S/C13H16N4O2/c1-2-3-7-14-13(18)16-11-6-4-5-10(8-11)12-15-9-19-17-12/h4-6,8-9H,2-3,7H2,1H3,(H2,14,16,18). The number of carbonyl (C=O) groups excluding carboxylic acids is 1. The van der Waals surface area contributed by atoms with Gasteiger partial charge in [0.25, 0.3) is 0 Å². The van der Waals surface area contributed by atoms with Crippen molar-refractivity contribution in [2.75, 3.05) is 11.9 Å². The normalized spacial score (nSPS) is 10.2. The number of unbranched alkanes of at least 4 members (excludes halogenated alkanes) is 1. The molecule has 1 aromatic heterocycles. The van der Waals surface area contributed by atoms with Crippen LogP contribution in [-0.2, 0) is 0 Å². The van der Waals surface area contributed by atoms with E-state index in [1.807, 2.05) is 18.2 Å². The number of hydrogen-bond acceptors (Lipinski definition) is 4. The monoisotopic (exact) mass is 260 g/mol. The predicted molar refractivity (Wildman–Crippen MR) is 71.7 cm³/mol. The number of nitrogens with zero attached hydrogens (tertiary/aromatic N) is 2. The molecule has 0 aliphatic heterocycles. The third kappa shape index (κ3) is 3.80. The van der Waals surface area contributed by atoms with Crippen LogP contribution in [0.1, 0.15) is 19.8 Å². The maximum absolute atomic E-state index is 11.6. The second kappa shape index (κ2) is 6.53. The van der Waals surface area contributed by atoms with Crippen LogP contribution < -0.4 is 10.6 Å². The number of aromatic nitrogens is 2. The molecule has 0 unspecified atom stereocenters. The van der Waals surface area contributed by atoms with Crippen LogP contribution >= 0.6 is 0 Å². The highest BCUT2D eigenvalue weighted by atomic mass is 16.5. The number of carbonyl (C=O) groups is 1. The Morgan fingerprint density at radius 1 is 1.42 bits per heavy atom. The summed E-state index contributed by atoms with van der Waals surface area (Å²) in [5, 5.41) is 9.31. The molecule has 19 heavy (non-hydrogen) atoms. The Labute approximate surface area is 111 Å². The molecule has 2 aromatic rings. The highest BCUT2D eigenvalue weighted by Gasteiger charge is 2.05. The molecule has 2 N–H and O–H groups in total. The topological polar surface area (TPSA) is 80.0 Å². The SMILES string of the molecule is CCCCNC(=O)Nc1cccc(-c2ncon2)c1. The zero-order valence-electron chi connectivity index (χ0n) is 10.7. The Hall–Kier alpha value is -2.37. The van der Waals surface area contributed by atoms with Crippen molar-refractivity contribution >= 4 is 11.7 Å². The average Bonchev–Trinajstić information content (AvgIpc) is 2.93. The summed E-state index contributed by atoms with van der Waals surface area (Å²) < 4.78 is 4.69. The lowest BCUT2D eigenvalue weighted by Gasteiger charge is -2.07. The van der Waals surface area contributed by atoms with Crippen LogP contribution in [0.3, 0.4) is 0 Å². The first-order chi connectivity index (χ1) is 9.29. The molecule has 0 saturated carbocycles. The van der Waals surface area contributed by atoms with Gasteiger partial charge in [-0.2, -0.15) is 4.98 Å². The Balaban J connectivity index is 1.97. The molecule has 100 valence electrons. The summed E-state index contributed by atoms with van der Waals surface area (Å²) in [6.45, 7) is 2.75. The number of anilines is 1. The van der Waals surface area contributed by atoms with Crippen LogP contribution in [0.5, 0.6) is 0 Å². The molecule has 0 radical (unpaired) electrons. The van der Waals surface area contributed by atoms with Gasteiger partial charge in [0.15, 0.2) is 0 Å². The molecular formula is C13H16N4O2. The Morgan fingerprint density at radius 2 is 2.32 bits per heavy atom. The maximum atomic E-state index is 11.6. The van der Waals surface area contributed by atoms with Crippen molar-refractivity contribution in [2.45, 2.75) is 19.8 Å². The van der Waals surface area contributed by atoms with Gasteiger partial charge in [0.2, 0.25) is 12.2 Å². The minimum atomic E-state index is -0.210. The number of benzene rings is 1. The van der Waals surface area contributed by atoms with Crippen molar-refractivity contribution < 1.29 is 9.32 Å². The molecule has 0 spiro atoms. The first-order valence-corrected chi connectivity index (χ1v) is 6.21. The molecule has 2 amide bonds. The van der Waals surface area contributed by atoms with Gasteiger partial charge >= 0.3 is 6.03 Å². The third-order valence-electron chi connectivity index (χ3n) is 2.56. The lowest BCUT2D eigenvalue weighted by atomic mass is 10.2.